The number of carbonyl (C=O) groups is 1. The molecule has 0 bridgehead atoms. The number of carboxylic acids is 1. The van der Waals surface area contributed by atoms with E-state index in [1.54, 1.807) is 6.21 Å². The third kappa shape index (κ3) is 10.7. The average Bonchev–Trinajstić information content (AvgIpc) is 2.35. The van der Waals surface area contributed by atoms with Crippen LogP contribution >= 0.6 is 0 Å². The summed E-state index contributed by atoms with van der Waals surface area (Å²) in [7, 11) is 0. The second-order valence-corrected chi connectivity index (χ2v) is 5.62. The highest BCUT2D eigenvalue weighted by molar-refractivity contribution is 5.76. The lowest BCUT2D eigenvalue weighted by molar-refractivity contribution is -0.139. The summed E-state index contributed by atoms with van der Waals surface area (Å²) in [6.45, 7) is 6.03. The molecule has 0 amide bonds. The molecule has 0 aliphatic heterocycles. The molecule has 3 nitrogen and oxygen atoms in total. The van der Waals surface area contributed by atoms with E-state index in [1.165, 1.54) is 44.9 Å². The molecule has 0 heterocycles. The summed E-state index contributed by atoms with van der Waals surface area (Å²) in [5.41, 5.74) is 0. The van der Waals surface area contributed by atoms with Crippen molar-refractivity contribution in [2.75, 3.05) is 0 Å². The van der Waals surface area contributed by atoms with Crippen LogP contribution in [0.15, 0.2) is 4.99 Å². The fraction of sp³-hybridized carbons (Fsp3) is 0.875. The molecule has 3 heteroatoms. The van der Waals surface area contributed by atoms with E-state index >= 15 is 0 Å². The molecule has 0 spiro atoms. The minimum atomic E-state index is -0.817. The van der Waals surface area contributed by atoms with Crippen molar-refractivity contribution in [2.24, 2.45) is 10.9 Å². The first-order valence-electron chi connectivity index (χ1n) is 7.84. The number of unbranched alkanes of at least 4 members (excludes halogenated alkanes) is 8. The monoisotopic (exact) mass is 269 g/mol. The van der Waals surface area contributed by atoms with Crippen molar-refractivity contribution in [2.45, 2.75) is 84.6 Å². The second kappa shape index (κ2) is 12.2. The Balaban J connectivity index is 3.49. The van der Waals surface area contributed by atoms with E-state index < -0.39 is 12.0 Å². The Labute approximate surface area is 118 Å². The third-order valence-corrected chi connectivity index (χ3v) is 3.34. The molecule has 0 aromatic rings. The van der Waals surface area contributed by atoms with Gasteiger partial charge < -0.3 is 5.11 Å². The Morgan fingerprint density at radius 3 is 2.05 bits per heavy atom. The number of rotatable bonds is 12. The van der Waals surface area contributed by atoms with Crippen molar-refractivity contribution in [3.63, 3.8) is 0 Å². The number of carboxylic acid groups (broad SMARTS) is 1. The fourth-order valence-corrected chi connectivity index (χ4v) is 2.08. The van der Waals surface area contributed by atoms with Crippen LogP contribution < -0.4 is 0 Å². The molecule has 0 aromatic heterocycles. The molecule has 112 valence electrons. The van der Waals surface area contributed by atoms with Crippen LogP contribution in [0.25, 0.3) is 0 Å². The highest BCUT2D eigenvalue weighted by Gasteiger charge is 2.18. The molecule has 0 saturated heterocycles. The van der Waals surface area contributed by atoms with Crippen LogP contribution in [0, 0.1) is 5.92 Å². The Bertz CT molecular complexity index is 249. The van der Waals surface area contributed by atoms with Gasteiger partial charge in [0.2, 0.25) is 0 Å². The molecule has 0 aliphatic carbocycles. The minimum Gasteiger partial charge on any atom is -0.480 e. The Kier molecular flexibility index (Phi) is 11.6. The molecule has 0 aliphatic rings. The van der Waals surface area contributed by atoms with Gasteiger partial charge in [0.15, 0.2) is 0 Å². The van der Waals surface area contributed by atoms with Gasteiger partial charge in [0.25, 0.3) is 0 Å². The molecule has 19 heavy (non-hydrogen) atoms. The van der Waals surface area contributed by atoms with E-state index in [0.717, 1.165) is 12.8 Å². The summed E-state index contributed by atoms with van der Waals surface area (Å²) in [5.74, 6) is -0.755. The first-order chi connectivity index (χ1) is 9.09. The fourth-order valence-electron chi connectivity index (χ4n) is 2.08. The Morgan fingerprint density at radius 1 is 1.05 bits per heavy atom. The molecule has 0 unspecified atom stereocenters. The van der Waals surface area contributed by atoms with E-state index in [4.69, 9.17) is 5.11 Å². The largest absolute Gasteiger partial charge is 0.480 e. The zero-order valence-corrected chi connectivity index (χ0v) is 12.9. The van der Waals surface area contributed by atoms with Crippen molar-refractivity contribution < 1.29 is 9.90 Å². The predicted octanol–water partition coefficient (Wildman–Crippen LogP) is 4.70. The number of nitrogens with zero attached hydrogens (tertiary/aromatic N) is 1. The van der Waals surface area contributed by atoms with E-state index in [1.807, 2.05) is 13.8 Å². The zero-order valence-electron chi connectivity index (χ0n) is 12.9. The van der Waals surface area contributed by atoms with Crippen molar-refractivity contribution in [3.8, 4) is 0 Å². The molecule has 0 fully saturated rings. The van der Waals surface area contributed by atoms with Crippen LogP contribution in [0.3, 0.4) is 0 Å². The maximum absolute atomic E-state index is 10.9. The maximum atomic E-state index is 10.9. The molecular weight excluding hydrogens is 238 g/mol. The van der Waals surface area contributed by atoms with Gasteiger partial charge >= 0.3 is 5.97 Å². The number of aliphatic imine (C=N–C) groups is 1. The lowest BCUT2D eigenvalue weighted by Crippen LogP contribution is -2.23. The van der Waals surface area contributed by atoms with Crippen molar-refractivity contribution >= 4 is 12.2 Å². The average molecular weight is 269 g/mol. The van der Waals surface area contributed by atoms with Crippen LogP contribution in [0.1, 0.15) is 78.6 Å². The second-order valence-electron chi connectivity index (χ2n) is 5.62. The van der Waals surface area contributed by atoms with Gasteiger partial charge in [0, 0.05) is 0 Å². The molecule has 1 atom stereocenters. The Hall–Kier alpha value is -0.860. The minimum absolute atomic E-state index is 0.0623. The van der Waals surface area contributed by atoms with E-state index in [2.05, 4.69) is 11.9 Å². The molecule has 1 N–H and O–H groups in total. The van der Waals surface area contributed by atoms with Gasteiger partial charge in [-0.1, -0.05) is 65.7 Å². The van der Waals surface area contributed by atoms with Crippen LogP contribution in [-0.2, 0) is 4.79 Å². The highest BCUT2D eigenvalue weighted by atomic mass is 16.4. The van der Waals surface area contributed by atoms with Gasteiger partial charge in [-0.05, 0) is 25.0 Å². The van der Waals surface area contributed by atoms with Gasteiger partial charge in [0.05, 0.1) is 0 Å². The van der Waals surface area contributed by atoms with E-state index in [0.29, 0.717) is 0 Å². The van der Waals surface area contributed by atoms with E-state index in [-0.39, 0.29) is 5.92 Å². The van der Waals surface area contributed by atoms with Crippen LogP contribution in [-0.4, -0.2) is 23.3 Å². The third-order valence-electron chi connectivity index (χ3n) is 3.34. The summed E-state index contributed by atoms with van der Waals surface area (Å²) in [6.07, 6.45) is 13.1. The molecular formula is C16H31NO2. The summed E-state index contributed by atoms with van der Waals surface area (Å²) in [4.78, 5) is 15.1. The molecule has 0 rings (SSSR count). The normalized spacial score (nSPS) is 13.3. The Morgan fingerprint density at radius 2 is 1.58 bits per heavy atom. The number of hydrogen-bond donors (Lipinski definition) is 1. The first-order valence-corrected chi connectivity index (χ1v) is 7.84. The smallest absolute Gasteiger partial charge is 0.328 e. The predicted molar refractivity (Wildman–Crippen MR) is 82.0 cm³/mol. The lowest BCUT2D eigenvalue weighted by Gasteiger charge is -2.10. The van der Waals surface area contributed by atoms with Gasteiger partial charge in [-0.25, -0.2) is 4.79 Å². The summed E-state index contributed by atoms with van der Waals surface area (Å²) < 4.78 is 0. The lowest BCUT2D eigenvalue weighted by atomic mass is 10.1. The summed E-state index contributed by atoms with van der Waals surface area (Å²) in [6, 6.07) is -0.575. The van der Waals surface area contributed by atoms with Crippen LogP contribution in [0.4, 0.5) is 0 Å². The standard InChI is InChI=1S/C16H31NO2/c1-4-5-6-7-8-9-10-11-12-13-17-15(14(2)3)16(18)19/h13-15H,4-12H2,1-3H3,(H,18,19)/t15-/m0/s1. The van der Waals surface area contributed by atoms with Crippen molar-refractivity contribution in [1.82, 2.24) is 0 Å². The highest BCUT2D eigenvalue weighted by Crippen LogP contribution is 2.10. The SMILES string of the molecule is CCCCCCCCCCC=N[C@H](C(=O)O)C(C)C. The molecule has 0 saturated carbocycles. The van der Waals surface area contributed by atoms with Gasteiger partial charge in [-0.3, -0.25) is 4.99 Å². The zero-order chi connectivity index (χ0) is 14.5. The number of hydrogen-bond acceptors (Lipinski definition) is 2. The number of aliphatic carboxylic acids is 1. The quantitative estimate of drug-likeness (QED) is 0.412. The van der Waals surface area contributed by atoms with Gasteiger partial charge in [0.1, 0.15) is 6.04 Å². The van der Waals surface area contributed by atoms with Crippen LogP contribution in [0.2, 0.25) is 0 Å². The first kappa shape index (κ1) is 18.1. The molecule has 0 radical (unpaired) electrons. The van der Waals surface area contributed by atoms with Crippen LogP contribution in [0.5, 0.6) is 0 Å². The van der Waals surface area contributed by atoms with Crippen molar-refractivity contribution in [1.29, 1.82) is 0 Å². The van der Waals surface area contributed by atoms with E-state index in [9.17, 15) is 4.79 Å². The summed E-state index contributed by atoms with van der Waals surface area (Å²) >= 11 is 0. The van der Waals surface area contributed by atoms with Crippen molar-refractivity contribution in [3.05, 3.63) is 0 Å². The topological polar surface area (TPSA) is 49.7 Å². The van der Waals surface area contributed by atoms with Gasteiger partial charge in [-0.2, -0.15) is 0 Å². The maximum Gasteiger partial charge on any atom is 0.328 e. The molecule has 0 aromatic carbocycles. The summed E-state index contributed by atoms with van der Waals surface area (Å²) in [5, 5.41) is 8.97. The van der Waals surface area contributed by atoms with Gasteiger partial charge in [-0.15, -0.1) is 0 Å².